The zero-order valence-corrected chi connectivity index (χ0v) is 17.4. The first-order valence-electron chi connectivity index (χ1n) is 8.74. The van der Waals surface area contributed by atoms with Crippen molar-refractivity contribution in [3.63, 3.8) is 0 Å². The summed E-state index contributed by atoms with van der Waals surface area (Å²) in [5, 5.41) is 2.79. The minimum Gasteiger partial charge on any atom is -0.343 e. The maximum atomic E-state index is 3.68. The van der Waals surface area contributed by atoms with Crippen molar-refractivity contribution < 1.29 is 17.1 Å². The van der Waals surface area contributed by atoms with Gasteiger partial charge in [-0.3, -0.25) is 0 Å². The van der Waals surface area contributed by atoms with Crippen LogP contribution in [0.4, 0.5) is 0 Å². The topological polar surface area (TPSA) is 0 Å². The van der Waals surface area contributed by atoms with Crippen molar-refractivity contribution >= 4 is 19.2 Å². The quantitative estimate of drug-likeness (QED) is 0.310. The molecule has 0 spiro atoms. The normalized spacial score (nSPS) is 8.83. The zero-order valence-electron chi connectivity index (χ0n) is 15.3. The number of hydrogen-bond acceptors (Lipinski definition) is 0. The average molecular weight is 384 g/mol. The number of benzene rings is 2. The van der Waals surface area contributed by atoms with Crippen molar-refractivity contribution in [1.82, 2.24) is 0 Å². The van der Waals surface area contributed by atoms with Crippen molar-refractivity contribution in [2.75, 3.05) is 0 Å². The molecule has 2 heteroatoms. The Morgan fingerprint density at radius 3 is 1.21 bits per heavy atom. The Kier molecular flexibility index (Phi) is 21.8. The van der Waals surface area contributed by atoms with Crippen LogP contribution in [0.1, 0.15) is 52.4 Å². The van der Waals surface area contributed by atoms with Gasteiger partial charge in [-0.15, -0.1) is 0 Å². The molecule has 2 aromatic carbocycles. The van der Waals surface area contributed by atoms with E-state index in [2.05, 4.69) is 88.4 Å². The van der Waals surface area contributed by atoms with Gasteiger partial charge in [-0.05, 0) is 10.6 Å². The van der Waals surface area contributed by atoms with Crippen LogP contribution in [0.3, 0.4) is 0 Å². The molecular weight excluding hydrogens is 351 g/mol. The maximum absolute atomic E-state index is 3.68. The molecule has 0 aliphatic carbocycles. The summed E-state index contributed by atoms with van der Waals surface area (Å²) in [5.74, 6) is 0. The van der Waals surface area contributed by atoms with E-state index in [9.17, 15) is 0 Å². The van der Waals surface area contributed by atoms with Gasteiger partial charge in [0, 0.05) is 0 Å². The molecular formula is C22H33FeP. The van der Waals surface area contributed by atoms with E-state index in [0.29, 0.717) is 0 Å². The minimum absolute atomic E-state index is 0. The second-order valence-corrected chi connectivity index (χ2v) is 6.68. The molecule has 0 N–H and O–H groups in total. The van der Waals surface area contributed by atoms with Gasteiger partial charge in [0.1, 0.15) is 0 Å². The van der Waals surface area contributed by atoms with E-state index in [4.69, 9.17) is 0 Å². The Balaban J connectivity index is 0. The zero-order chi connectivity index (χ0) is 17.2. The fourth-order valence-corrected chi connectivity index (χ4v) is 2.76. The van der Waals surface area contributed by atoms with E-state index in [1.54, 1.807) is 0 Å². The minimum atomic E-state index is 0. The summed E-state index contributed by atoms with van der Waals surface area (Å²) in [6, 6.07) is 21.2. The van der Waals surface area contributed by atoms with Crippen LogP contribution >= 0.6 is 8.58 Å². The Bertz CT molecular complexity index is 395. The third-order valence-electron chi connectivity index (χ3n) is 3.04. The van der Waals surface area contributed by atoms with Gasteiger partial charge in [0.2, 0.25) is 0 Å². The van der Waals surface area contributed by atoms with Crippen LogP contribution in [0.2, 0.25) is 0 Å². The molecule has 0 nitrogen and oxygen atoms in total. The van der Waals surface area contributed by atoms with E-state index in [0.717, 1.165) is 21.4 Å². The standard InChI is InChI=1S/C12H11P.2C5H11.Fe/c1-3-7-11(8-4-1)13-12-9-5-2-6-10-12;2*1-3-5-4-2;/h1-10,13H;2*1,3-5H2,2H3;/q;2*-1;+2. The first-order chi connectivity index (χ1) is 11.3. The molecule has 134 valence electrons. The molecule has 0 bridgehead atoms. The molecule has 0 heterocycles. The van der Waals surface area contributed by atoms with E-state index >= 15 is 0 Å². The molecule has 0 saturated carbocycles. The van der Waals surface area contributed by atoms with Crippen LogP contribution in [-0.4, -0.2) is 0 Å². The number of rotatable bonds is 6. The van der Waals surface area contributed by atoms with Crippen molar-refractivity contribution in [2.45, 2.75) is 52.4 Å². The molecule has 2 rings (SSSR count). The van der Waals surface area contributed by atoms with Crippen LogP contribution in [-0.2, 0) is 17.1 Å². The van der Waals surface area contributed by atoms with Crippen LogP contribution in [0.15, 0.2) is 60.7 Å². The molecule has 0 fully saturated rings. The molecule has 0 aliphatic heterocycles. The monoisotopic (exact) mass is 384 g/mol. The molecule has 0 atom stereocenters. The SMILES string of the molecule is [CH2-]CCCC.[CH2-]CCCC.[Fe+2].c1ccc(Pc2ccccc2)cc1. The van der Waals surface area contributed by atoms with E-state index in [1.807, 2.05) is 0 Å². The van der Waals surface area contributed by atoms with E-state index in [-0.39, 0.29) is 17.1 Å². The molecule has 0 unspecified atom stereocenters. The summed E-state index contributed by atoms with van der Waals surface area (Å²) in [6.07, 6.45) is 7.31. The summed E-state index contributed by atoms with van der Waals surface area (Å²) in [4.78, 5) is 0. The second-order valence-electron chi connectivity index (χ2n) is 5.27. The van der Waals surface area contributed by atoms with Crippen molar-refractivity contribution in [3.05, 3.63) is 74.5 Å². The second kappa shape index (κ2) is 20.4. The Hall–Kier alpha value is -0.611. The van der Waals surface area contributed by atoms with Gasteiger partial charge in [-0.1, -0.05) is 109 Å². The van der Waals surface area contributed by atoms with Crippen LogP contribution in [0.5, 0.6) is 0 Å². The van der Waals surface area contributed by atoms with E-state index in [1.165, 1.54) is 36.3 Å². The fraction of sp³-hybridized carbons (Fsp3) is 0.364. The number of hydrogen-bond donors (Lipinski definition) is 0. The van der Waals surface area contributed by atoms with Gasteiger partial charge in [0.05, 0.1) is 0 Å². The molecule has 2 aromatic rings. The Labute approximate surface area is 163 Å². The maximum Gasteiger partial charge on any atom is 2.00 e. The fourth-order valence-electron chi connectivity index (χ4n) is 1.71. The van der Waals surface area contributed by atoms with Gasteiger partial charge in [0.15, 0.2) is 0 Å². The Morgan fingerprint density at radius 2 is 1.00 bits per heavy atom. The number of unbranched alkanes of at least 4 members (excludes halogenated alkanes) is 4. The molecule has 0 saturated heterocycles. The first kappa shape index (κ1) is 25.6. The predicted molar refractivity (Wildman–Crippen MR) is 110 cm³/mol. The summed E-state index contributed by atoms with van der Waals surface area (Å²) >= 11 is 0. The largest absolute Gasteiger partial charge is 2.00 e. The molecule has 0 aliphatic rings. The van der Waals surface area contributed by atoms with Crippen molar-refractivity contribution in [2.24, 2.45) is 0 Å². The Morgan fingerprint density at radius 1 is 0.667 bits per heavy atom. The average Bonchev–Trinajstić information content (AvgIpc) is 2.59. The smallest absolute Gasteiger partial charge is 0.343 e. The van der Waals surface area contributed by atoms with E-state index < -0.39 is 0 Å². The molecule has 0 amide bonds. The van der Waals surface area contributed by atoms with Gasteiger partial charge < -0.3 is 13.8 Å². The predicted octanol–water partition coefficient (Wildman–Crippen LogP) is 6.33. The third-order valence-corrected chi connectivity index (χ3v) is 4.29. The summed E-state index contributed by atoms with van der Waals surface area (Å²) in [5.41, 5.74) is 0. The summed E-state index contributed by atoms with van der Waals surface area (Å²) in [6.45, 7) is 11.7. The molecule has 24 heavy (non-hydrogen) atoms. The van der Waals surface area contributed by atoms with Crippen LogP contribution < -0.4 is 10.6 Å². The molecule has 0 aromatic heterocycles. The first-order valence-corrected chi connectivity index (χ1v) is 9.74. The van der Waals surface area contributed by atoms with Gasteiger partial charge in [0.25, 0.3) is 0 Å². The van der Waals surface area contributed by atoms with Crippen LogP contribution in [0.25, 0.3) is 0 Å². The van der Waals surface area contributed by atoms with Gasteiger partial charge in [-0.25, -0.2) is 0 Å². The van der Waals surface area contributed by atoms with Crippen molar-refractivity contribution in [3.8, 4) is 0 Å². The van der Waals surface area contributed by atoms with Crippen LogP contribution in [0, 0.1) is 13.8 Å². The molecule has 0 radical (unpaired) electrons. The summed E-state index contributed by atoms with van der Waals surface area (Å²) in [7, 11) is 0.777. The van der Waals surface area contributed by atoms with Crippen molar-refractivity contribution in [1.29, 1.82) is 0 Å². The summed E-state index contributed by atoms with van der Waals surface area (Å²) < 4.78 is 0. The third kappa shape index (κ3) is 16.3. The van der Waals surface area contributed by atoms with Gasteiger partial charge in [-0.2, -0.15) is 12.8 Å². The van der Waals surface area contributed by atoms with Gasteiger partial charge >= 0.3 is 17.1 Å².